The summed E-state index contributed by atoms with van der Waals surface area (Å²) in [6.07, 6.45) is 9.61. The number of benzene rings is 1. The van der Waals surface area contributed by atoms with Crippen molar-refractivity contribution in [1.82, 2.24) is 5.32 Å². The van der Waals surface area contributed by atoms with E-state index in [4.69, 9.17) is 0 Å². The predicted molar refractivity (Wildman–Crippen MR) is 112 cm³/mol. The largest absolute Gasteiger partial charge is 0.387 e. The molecule has 4 aliphatic rings. The SMILES string of the molecule is CC(=O)c1ccc(NC(=O)/C(C#N)=C\NC(C)C23CC4CC(CC(C4)C2)C3)cc1. The lowest BCUT2D eigenvalue weighted by molar-refractivity contribution is -0.112. The number of nitrogens with zero attached hydrogens (tertiary/aromatic N) is 1. The zero-order chi connectivity index (χ0) is 20.6. The second-order valence-electron chi connectivity index (χ2n) is 9.43. The molecule has 0 aliphatic heterocycles. The molecule has 1 aromatic rings. The minimum atomic E-state index is -0.437. The van der Waals surface area contributed by atoms with Crippen LogP contribution in [0.25, 0.3) is 0 Å². The quantitative estimate of drug-likeness (QED) is 0.427. The van der Waals surface area contributed by atoms with E-state index in [1.54, 1.807) is 30.5 Å². The van der Waals surface area contributed by atoms with Crippen LogP contribution in [0.2, 0.25) is 0 Å². The molecule has 152 valence electrons. The summed E-state index contributed by atoms with van der Waals surface area (Å²) in [5.74, 6) is 2.14. The van der Waals surface area contributed by atoms with E-state index >= 15 is 0 Å². The Balaban J connectivity index is 1.40. The number of nitriles is 1. The zero-order valence-corrected chi connectivity index (χ0v) is 17.2. The van der Waals surface area contributed by atoms with Crippen molar-refractivity contribution in [3.8, 4) is 6.07 Å². The van der Waals surface area contributed by atoms with Gasteiger partial charge in [0.1, 0.15) is 11.6 Å². The fraction of sp³-hybridized carbons (Fsp3) is 0.542. The Labute approximate surface area is 172 Å². The lowest BCUT2D eigenvalue weighted by Crippen LogP contribution is -2.54. The summed E-state index contributed by atoms with van der Waals surface area (Å²) < 4.78 is 0. The summed E-state index contributed by atoms with van der Waals surface area (Å²) in [4.78, 5) is 23.9. The number of hydrogen-bond acceptors (Lipinski definition) is 4. The molecule has 4 saturated carbocycles. The molecule has 0 saturated heterocycles. The van der Waals surface area contributed by atoms with Crippen molar-refractivity contribution in [3.05, 3.63) is 41.6 Å². The number of hydrogen-bond donors (Lipinski definition) is 2. The highest BCUT2D eigenvalue weighted by Crippen LogP contribution is 2.61. The maximum absolute atomic E-state index is 12.5. The van der Waals surface area contributed by atoms with Crippen molar-refractivity contribution in [2.24, 2.45) is 23.2 Å². The fourth-order valence-corrected chi connectivity index (χ4v) is 6.23. The van der Waals surface area contributed by atoms with Gasteiger partial charge in [-0.15, -0.1) is 0 Å². The topological polar surface area (TPSA) is 82.0 Å². The van der Waals surface area contributed by atoms with E-state index in [-0.39, 0.29) is 17.4 Å². The molecular weight excluding hydrogens is 362 g/mol. The first-order valence-corrected chi connectivity index (χ1v) is 10.7. The highest BCUT2D eigenvalue weighted by atomic mass is 16.1. The highest BCUT2D eigenvalue weighted by Gasteiger charge is 2.53. The maximum atomic E-state index is 12.5. The Hall–Kier alpha value is -2.61. The van der Waals surface area contributed by atoms with Crippen molar-refractivity contribution in [3.63, 3.8) is 0 Å². The van der Waals surface area contributed by atoms with Crippen LogP contribution >= 0.6 is 0 Å². The van der Waals surface area contributed by atoms with Crippen molar-refractivity contribution < 1.29 is 9.59 Å². The van der Waals surface area contributed by atoms with Crippen LogP contribution in [0.5, 0.6) is 0 Å². The van der Waals surface area contributed by atoms with Gasteiger partial charge in [-0.25, -0.2) is 0 Å². The first-order chi connectivity index (χ1) is 13.9. The number of ketones is 1. The second kappa shape index (κ2) is 7.67. The third-order valence-corrected chi connectivity index (χ3v) is 7.40. The Bertz CT molecular complexity index is 843. The standard InChI is InChI=1S/C24H29N3O2/c1-15(28)20-3-5-22(6-4-20)27-23(29)21(13-25)14-26-16(2)24-10-17-7-18(11-24)9-19(8-17)12-24/h3-6,14,16-19,26H,7-12H2,1-2H3,(H,27,29)/b21-14-. The average molecular weight is 392 g/mol. The van der Waals surface area contributed by atoms with E-state index < -0.39 is 5.91 Å². The van der Waals surface area contributed by atoms with Gasteiger partial charge in [-0.3, -0.25) is 9.59 Å². The van der Waals surface area contributed by atoms with Gasteiger partial charge in [0.2, 0.25) is 0 Å². The Morgan fingerprint density at radius 1 is 1.10 bits per heavy atom. The molecule has 2 N–H and O–H groups in total. The first-order valence-electron chi connectivity index (χ1n) is 10.7. The van der Waals surface area contributed by atoms with Gasteiger partial charge in [0.25, 0.3) is 5.91 Å². The smallest absolute Gasteiger partial charge is 0.267 e. The lowest BCUT2D eigenvalue weighted by atomic mass is 9.48. The third-order valence-electron chi connectivity index (χ3n) is 7.40. The van der Waals surface area contributed by atoms with E-state index in [0.717, 1.165) is 17.8 Å². The molecule has 4 aliphatic carbocycles. The Kier molecular flexibility index (Phi) is 5.21. The highest BCUT2D eigenvalue weighted by molar-refractivity contribution is 6.06. The van der Waals surface area contributed by atoms with Gasteiger partial charge >= 0.3 is 0 Å². The van der Waals surface area contributed by atoms with Crippen LogP contribution in [-0.2, 0) is 4.79 Å². The second-order valence-corrected chi connectivity index (χ2v) is 9.43. The van der Waals surface area contributed by atoms with Crippen molar-refractivity contribution in [2.75, 3.05) is 5.32 Å². The van der Waals surface area contributed by atoms with Gasteiger partial charge in [0.05, 0.1) is 0 Å². The van der Waals surface area contributed by atoms with E-state index in [0.29, 0.717) is 16.7 Å². The average Bonchev–Trinajstić information content (AvgIpc) is 2.67. The molecule has 4 fully saturated rings. The molecule has 1 atom stereocenters. The van der Waals surface area contributed by atoms with Crippen molar-refractivity contribution in [1.29, 1.82) is 5.26 Å². The lowest BCUT2D eigenvalue weighted by Gasteiger charge is -2.59. The normalized spacial score (nSPS) is 31.1. The summed E-state index contributed by atoms with van der Waals surface area (Å²) in [5, 5.41) is 15.6. The number of rotatable bonds is 6. The third kappa shape index (κ3) is 3.94. The van der Waals surface area contributed by atoms with Crippen LogP contribution in [0.15, 0.2) is 36.0 Å². The molecule has 4 bridgehead atoms. The number of amides is 1. The van der Waals surface area contributed by atoms with E-state index in [1.807, 2.05) is 6.07 Å². The molecule has 1 unspecified atom stereocenters. The molecule has 5 rings (SSSR count). The minimum absolute atomic E-state index is 0.0247. The Morgan fingerprint density at radius 3 is 2.14 bits per heavy atom. The number of Topliss-reactive ketones (excluding diaryl/α,β-unsaturated/α-hetero) is 1. The van der Waals surface area contributed by atoms with Crippen LogP contribution in [-0.4, -0.2) is 17.7 Å². The molecular formula is C24H29N3O2. The maximum Gasteiger partial charge on any atom is 0.267 e. The molecule has 5 nitrogen and oxygen atoms in total. The molecule has 1 amide bonds. The monoisotopic (exact) mass is 391 g/mol. The number of carbonyl (C=O) groups is 2. The number of carbonyl (C=O) groups excluding carboxylic acids is 2. The van der Waals surface area contributed by atoms with Crippen LogP contribution < -0.4 is 10.6 Å². The van der Waals surface area contributed by atoms with Crippen LogP contribution in [0.1, 0.15) is 62.7 Å². The van der Waals surface area contributed by atoms with Gasteiger partial charge in [0.15, 0.2) is 5.78 Å². The van der Waals surface area contributed by atoms with Crippen molar-refractivity contribution in [2.45, 2.75) is 58.4 Å². The summed E-state index contributed by atoms with van der Waals surface area (Å²) in [7, 11) is 0. The molecule has 0 heterocycles. The summed E-state index contributed by atoms with van der Waals surface area (Å²) >= 11 is 0. The molecule has 0 aromatic heterocycles. The van der Waals surface area contributed by atoms with E-state index in [1.165, 1.54) is 45.4 Å². The summed E-state index contributed by atoms with van der Waals surface area (Å²) in [6, 6.07) is 8.95. The number of anilines is 1. The van der Waals surface area contributed by atoms with Crippen LogP contribution in [0.4, 0.5) is 5.69 Å². The molecule has 0 spiro atoms. The van der Waals surface area contributed by atoms with E-state index in [2.05, 4.69) is 17.6 Å². The molecule has 0 radical (unpaired) electrons. The van der Waals surface area contributed by atoms with Crippen LogP contribution in [0, 0.1) is 34.5 Å². The van der Waals surface area contributed by atoms with Gasteiger partial charge in [-0.1, -0.05) is 0 Å². The fourth-order valence-electron chi connectivity index (χ4n) is 6.23. The molecule has 5 heteroatoms. The Morgan fingerprint density at radius 2 is 1.66 bits per heavy atom. The minimum Gasteiger partial charge on any atom is -0.387 e. The van der Waals surface area contributed by atoms with Gasteiger partial charge in [-0.05, 0) is 99.8 Å². The predicted octanol–water partition coefficient (Wildman–Crippen LogP) is 4.43. The summed E-state index contributed by atoms with van der Waals surface area (Å²) in [6.45, 7) is 3.71. The van der Waals surface area contributed by atoms with E-state index in [9.17, 15) is 14.9 Å². The van der Waals surface area contributed by atoms with Gasteiger partial charge in [-0.2, -0.15) is 5.26 Å². The van der Waals surface area contributed by atoms with Gasteiger partial charge < -0.3 is 10.6 Å². The van der Waals surface area contributed by atoms with Crippen molar-refractivity contribution >= 4 is 17.4 Å². The molecule has 29 heavy (non-hydrogen) atoms. The first kappa shape index (κ1) is 19.7. The zero-order valence-electron chi connectivity index (χ0n) is 17.2. The summed E-state index contributed by atoms with van der Waals surface area (Å²) in [5.41, 5.74) is 1.53. The van der Waals surface area contributed by atoms with Crippen LogP contribution in [0.3, 0.4) is 0 Å². The van der Waals surface area contributed by atoms with Gasteiger partial charge in [0, 0.05) is 23.5 Å². The number of nitrogens with one attached hydrogen (secondary N) is 2. The molecule has 1 aromatic carbocycles.